The molecule has 0 radical (unpaired) electrons. The summed E-state index contributed by atoms with van der Waals surface area (Å²) in [5.74, 6) is -0.318. The maximum atomic E-state index is 12.3. The van der Waals surface area contributed by atoms with Gasteiger partial charge < -0.3 is 16.4 Å². The summed E-state index contributed by atoms with van der Waals surface area (Å²) in [6.45, 7) is 4.59. The number of nitrogens with two attached hydrogens (primary N) is 1. The van der Waals surface area contributed by atoms with Crippen molar-refractivity contribution < 1.29 is 9.59 Å². The number of hydrogen-bond acceptors (Lipinski definition) is 3. The van der Waals surface area contributed by atoms with Crippen molar-refractivity contribution in [3.05, 3.63) is 59.7 Å². The molecular weight excluding hydrogens is 374 g/mol. The van der Waals surface area contributed by atoms with Crippen LogP contribution in [0.25, 0.3) is 11.1 Å². The summed E-state index contributed by atoms with van der Waals surface area (Å²) in [5, 5.41) is 5.57. The molecule has 0 aliphatic heterocycles. The Morgan fingerprint density at radius 3 is 2.13 bits per heavy atom. The number of aryl methyl sites for hydroxylation is 1. The normalized spacial score (nSPS) is 11.7. The third-order valence-electron chi connectivity index (χ3n) is 5.08. The van der Waals surface area contributed by atoms with Crippen molar-refractivity contribution in [1.82, 2.24) is 10.6 Å². The number of nitrogens with one attached hydrogen (secondary N) is 2. The van der Waals surface area contributed by atoms with Gasteiger partial charge in [-0.25, -0.2) is 0 Å². The summed E-state index contributed by atoms with van der Waals surface area (Å²) < 4.78 is 0. The van der Waals surface area contributed by atoms with E-state index in [0.717, 1.165) is 49.7 Å². The summed E-state index contributed by atoms with van der Waals surface area (Å²) in [5.41, 5.74) is 10.0. The third-order valence-corrected chi connectivity index (χ3v) is 5.08. The SMILES string of the molecule is CCCCCC(N)NC(=O)CCNC(=O)c1ccc(-c2ccc(CCC)cc2)cc1. The second kappa shape index (κ2) is 12.8. The fourth-order valence-electron chi connectivity index (χ4n) is 3.32. The molecule has 0 heterocycles. The zero-order valence-electron chi connectivity index (χ0n) is 18.2. The summed E-state index contributed by atoms with van der Waals surface area (Å²) in [6, 6.07) is 16.1. The molecule has 2 aromatic carbocycles. The Kier molecular flexibility index (Phi) is 10.1. The van der Waals surface area contributed by atoms with Gasteiger partial charge in [-0.2, -0.15) is 0 Å². The molecule has 0 aliphatic rings. The van der Waals surface area contributed by atoms with Crippen LogP contribution < -0.4 is 16.4 Å². The predicted molar refractivity (Wildman–Crippen MR) is 123 cm³/mol. The molecule has 0 aromatic heterocycles. The Labute approximate surface area is 180 Å². The minimum absolute atomic E-state index is 0.138. The molecule has 0 aliphatic carbocycles. The first-order chi connectivity index (χ1) is 14.5. The molecule has 2 aromatic rings. The van der Waals surface area contributed by atoms with Crippen molar-refractivity contribution in [1.29, 1.82) is 0 Å². The van der Waals surface area contributed by atoms with Crippen molar-refractivity contribution in [3.8, 4) is 11.1 Å². The third kappa shape index (κ3) is 7.99. The van der Waals surface area contributed by atoms with Gasteiger partial charge in [0.1, 0.15) is 0 Å². The van der Waals surface area contributed by atoms with Crippen LogP contribution in [-0.4, -0.2) is 24.5 Å². The first-order valence-electron chi connectivity index (χ1n) is 11.1. The molecular formula is C25H35N3O2. The number of benzene rings is 2. The highest BCUT2D eigenvalue weighted by atomic mass is 16.2. The van der Waals surface area contributed by atoms with Gasteiger partial charge in [-0.15, -0.1) is 0 Å². The van der Waals surface area contributed by atoms with E-state index in [1.165, 1.54) is 5.56 Å². The highest BCUT2D eigenvalue weighted by molar-refractivity contribution is 5.94. The number of carbonyl (C=O) groups excluding carboxylic acids is 2. The molecule has 0 bridgehead atoms. The monoisotopic (exact) mass is 409 g/mol. The number of rotatable bonds is 12. The van der Waals surface area contributed by atoms with Gasteiger partial charge in [0.2, 0.25) is 5.91 Å². The van der Waals surface area contributed by atoms with Crippen molar-refractivity contribution in [2.24, 2.45) is 5.73 Å². The van der Waals surface area contributed by atoms with Crippen LogP contribution in [0.3, 0.4) is 0 Å². The first kappa shape index (κ1) is 23.6. The maximum absolute atomic E-state index is 12.3. The molecule has 0 saturated carbocycles. The fraction of sp³-hybridized carbons (Fsp3) is 0.440. The van der Waals surface area contributed by atoms with Crippen LogP contribution in [-0.2, 0) is 11.2 Å². The molecule has 1 unspecified atom stereocenters. The molecule has 30 heavy (non-hydrogen) atoms. The fourth-order valence-corrected chi connectivity index (χ4v) is 3.32. The second-order valence-electron chi connectivity index (χ2n) is 7.70. The van der Waals surface area contributed by atoms with E-state index in [4.69, 9.17) is 5.73 Å². The van der Waals surface area contributed by atoms with Gasteiger partial charge in [-0.1, -0.05) is 75.9 Å². The van der Waals surface area contributed by atoms with Crippen molar-refractivity contribution >= 4 is 11.8 Å². The van der Waals surface area contributed by atoms with Crippen LogP contribution in [0.2, 0.25) is 0 Å². The van der Waals surface area contributed by atoms with Gasteiger partial charge in [0.25, 0.3) is 5.91 Å². The van der Waals surface area contributed by atoms with E-state index in [1.54, 1.807) is 0 Å². The summed E-state index contributed by atoms with van der Waals surface area (Å²) >= 11 is 0. The molecule has 2 rings (SSSR count). The van der Waals surface area contributed by atoms with E-state index in [1.807, 2.05) is 24.3 Å². The molecule has 4 N–H and O–H groups in total. The average Bonchev–Trinajstić information content (AvgIpc) is 2.75. The topological polar surface area (TPSA) is 84.2 Å². The van der Waals surface area contributed by atoms with Crippen LogP contribution in [0, 0.1) is 0 Å². The lowest BCUT2D eigenvalue weighted by molar-refractivity contribution is -0.121. The summed E-state index contributed by atoms with van der Waals surface area (Å²) in [4.78, 5) is 24.2. The van der Waals surface area contributed by atoms with E-state index in [-0.39, 0.29) is 30.9 Å². The van der Waals surface area contributed by atoms with E-state index < -0.39 is 0 Å². The molecule has 0 saturated heterocycles. The van der Waals surface area contributed by atoms with Gasteiger partial charge in [-0.05, 0) is 41.7 Å². The number of amides is 2. The van der Waals surface area contributed by atoms with Gasteiger partial charge in [0.15, 0.2) is 0 Å². The number of unbranched alkanes of at least 4 members (excludes halogenated alkanes) is 2. The van der Waals surface area contributed by atoms with Crippen LogP contribution in [0.4, 0.5) is 0 Å². The van der Waals surface area contributed by atoms with Crippen LogP contribution in [0.1, 0.15) is 68.3 Å². The largest absolute Gasteiger partial charge is 0.352 e. The maximum Gasteiger partial charge on any atom is 0.251 e. The average molecular weight is 410 g/mol. The Morgan fingerprint density at radius 1 is 0.900 bits per heavy atom. The number of hydrogen-bond donors (Lipinski definition) is 3. The highest BCUT2D eigenvalue weighted by Crippen LogP contribution is 2.21. The minimum atomic E-state index is -0.316. The zero-order valence-corrected chi connectivity index (χ0v) is 18.2. The zero-order chi connectivity index (χ0) is 21.8. The Balaban J connectivity index is 1.77. The second-order valence-corrected chi connectivity index (χ2v) is 7.70. The smallest absolute Gasteiger partial charge is 0.251 e. The standard InChI is InChI=1S/C25H35N3O2/c1-3-5-6-8-23(26)28-24(29)17-18-27-25(30)22-15-13-21(14-16-22)20-11-9-19(7-4-2)10-12-20/h9-16,23H,3-8,17-18,26H2,1-2H3,(H,27,30)(H,28,29). The predicted octanol–water partition coefficient (Wildman–Crippen LogP) is 4.41. The molecule has 1 atom stereocenters. The quantitative estimate of drug-likeness (QED) is 0.359. The van der Waals surface area contributed by atoms with E-state index in [9.17, 15) is 9.59 Å². The van der Waals surface area contributed by atoms with Crippen molar-refractivity contribution in [2.45, 2.75) is 65.0 Å². The molecule has 2 amide bonds. The van der Waals surface area contributed by atoms with Crippen LogP contribution in [0.5, 0.6) is 0 Å². The van der Waals surface area contributed by atoms with Crippen molar-refractivity contribution in [3.63, 3.8) is 0 Å². The van der Waals surface area contributed by atoms with Gasteiger partial charge in [0.05, 0.1) is 6.17 Å². The van der Waals surface area contributed by atoms with Gasteiger partial charge in [0, 0.05) is 18.5 Å². The molecule has 5 heteroatoms. The van der Waals surface area contributed by atoms with Crippen molar-refractivity contribution in [2.75, 3.05) is 6.54 Å². The molecule has 0 spiro atoms. The van der Waals surface area contributed by atoms with E-state index in [0.29, 0.717) is 5.56 Å². The van der Waals surface area contributed by atoms with Gasteiger partial charge >= 0.3 is 0 Å². The van der Waals surface area contributed by atoms with E-state index in [2.05, 4.69) is 48.7 Å². The Hall–Kier alpha value is -2.66. The van der Waals surface area contributed by atoms with Crippen LogP contribution >= 0.6 is 0 Å². The van der Waals surface area contributed by atoms with Crippen LogP contribution in [0.15, 0.2) is 48.5 Å². The molecule has 162 valence electrons. The molecule has 5 nitrogen and oxygen atoms in total. The number of carbonyl (C=O) groups is 2. The lowest BCUT2D eigenvalue weighted by Crippen LogP contribution is -2.42. The lowest BCUT2D eigenvalue weighted by atomic mass is 10.0. The Morgan fingerprint density at radius 2 is 1.53 bits per heavy atom. The van der Waals surface area contributed by atoms with E-state index >= 15 is 0 Å². The highest BCUT2D eigenvalue weighted by Gasteiger charge is 2.10. The molecule has 0 fully saturated rings. The summed E-state index contributed by atoms with van der Waals surface area (Å²) in [7, 11) is 0. The Bertz CT molecular complexity index is 785. The first-order valence-corrected chi connectivity index (χ1v) is 11.1. The lowest BCUT2D eigenvalue weighted by Gasteiger charge is -2.13. The summed E-state index contributed by atoms with van der Waals surface area (Å²) in [6.07, 6.45) is 6.14. The van der Waals surface area contributed by atoms with Gasteiger partial charge in [-0.3, -0.25) is 9.59 Å². The minimum Gasteiger partial charge on any atom is -0.352 e.